The predicted octanol–water partition coefficient (Wildman–Crippen LogP) is 25.4. The molecule has 0 heterocycles. The van der Waals surface area contributed by atoms with Gasteiger partial charge in [0.15, 0.2) is 0 Å². The molecule has 11 rings (SSSR count). The minimum atomic E-state index is -0.549. The number of nitrogen functional groups attached to an aromatic ring is 5. The molecule has 0 unspecified atom stereocenters. The second-order valence-electron chi connectivity index (χ2n) is 18.6. The van der Waals surface area contributed by atoms with Crippen molar-refractivity contribution in [3.8, 4) is 44.5 Å². The molecule has 0 aliphatic heterocycles. The number of rotatable bonds is 10. The molecule has 0 fully saturated rings. The molecule has 0 amide bonds. The highest BCUT2D eigenvalue weighted by molar-refractivity contribution is 8.00. The minimum Gasteiger partial charge on any atom is -0.399 e. The first kappa shape index (κ1) is 65.5. The zero-order valence-corrected chi connectivity index (χ0v) is 55.2. The highest BCUT2D eigenvalue weighted by Gasteiger charge is 2.23. The Bertz CT molecular complexity index is 4190. The SMILES string of the molecule is Nc1cc(Cl)cc(-c2c(Cl)ccc(Sc3ccc(Cl)c(-c4cc(N)cc(Cl)c4)c3Cl)c2Cl)c1.Nc1ccc(-c2c(Cl)ccc(Sc3ccc(Cl)c(-c4ccc(N)cc4F)c3Cl)c2Cl)c(F)c1.Nc1ccc(Sc2ccc3ccccc3c2Cl)c(Cl)c1. The minimum absolute atomic E-state index is 0.216. The van der Waals surface area contributed by atoms with Gasteiger partial charge >= 0.3 is 0 Å². The van der Waals surface area contributed by atoms with Crippen molar-refractivity contribution in [1.82, 2.24) is 0 Å². The van der Waals surface area contributed by atoms with Crippen molar-refractivity contribution in [3.63, 3.8) is 0 Å². The number of anilines is 5. The Morgan fingerprint density at radius 1 is 0.279 bits per heavy atom. The highest BCUT2D eigenvalue weighted by Crippen LogP contribution is 2.51. The maximum absolute atomic E-state index is 14.6. The van der Waals surface area contributed by atoms with Crippen molar-refractivity contribution in [2.45, 2.75) is 29.4 Å². The fourth-order valence-corrected chi connectivity index (χ4v) is 15.3. The van der Waals surface area contributed by atoms with Crippen LogP contribution in [0.1, 0.15) is 0 Å². The van der Waals surface area contributed by atoms with Crippen LogP contribution in [0.2, 0.25) is 60.3 Å². The average molecular weight is 1440 g/mol. The molecule has 0 spiro atoms. The fraction of sp³-hybridized carbons (Fsp3) is 0. The Hall–Kier alpha value is -4.93. The molecular formula is C64H39Cl12F2N5S3. The van der Waals surface area contributed by atoms with Gasteiger partial charge in [-0.3, -0.25) is 0 Å². The molecule has 10 N–H and O–H groups in total. The summed E-state index contributed by atoms with van der Waals surface area (Å²) >= 11 is 81.8. The lowest BCUT2D eigenvalue weighted by Gasteiger charge is -2.15. The van der Waals surface area contributed by atoms with Crippen LogP contribution >= 0.6 is 174 Å². The lowest BCUT2D eigenvalue weighted by atomic mass is 10.0. The molecule has 0 aliphatic rings. The van der Waals surface area contributed by atoms with Gasteiger partial charge in [0.2, 0.25) is 0 Å². The van der Waals surface area contributed by atoms with E-state index in [0.29, 0.717) is 84.3 Å². The predicted molar refractivity (Wildman–Crippen MR) is 372 cm³/mol. The van der Waals surface area contributed by atoms with Crippen LogP contribution in [0.3, 0.4) is 0 Å². The van der Waals surface area contributed by atoms with Crippen LogP contribution in [0.5, 0.6) is 0 Å². The molecule has 0 radical (unpaired) electrons. The third-order valence-electron chi connectivity index (χ3n) is 12.6. The maximum atomic E-state index is 14.6. The van der Waals surface area contributed by atoms with Crippen molar-refractivity contribution in [1.29, 1.82) is 0 Å². The molecule has 11 aromatic rings. The van der Waals surface area contributed by atoms with E-state index >= 15 is 0 Å². The van der Waals surface area contributed by atoms with Crippen molar-refractivity contribution < 1.29 is 8.78 Å². The van der Waals surface area contributed by atoms with E-state index in [9.17, 15) is 8.78 Å². The zero-order chi connectivity index (χ0) is 61.8. The van der Waals surface area contributed by atoms with Gasteiger partial charge in [0.25, 0.3) is 0 Å². The van der Waals surface area contributed by atoms with E-state index < -0.39 is 11.6 Å². The van der Waals surface area contributed by atoms with Crippen LogP contribution in [0.4, 0.5) is 37.2 Å². The van der Waals surface area contributed by atoms with Crippen LogP contribution in [0, 0.1) is 11.6 Å². The molecule has 0 saturated heterocycles. The van der Waals surface area contributed by atoms with Crippen molar-refractivity contribution in [3.05, 3.63) is 248 Å². The highest BCUT2D eigenvalue weighted by atomic mass is 35.5. The molecule has 0 bridgehead atoms. The Morgan fingerprint density at radius 3 is 1.05 bits per heavy atom. The molecule has 86 heavy (non-hydrogen) atoms. The Balaban J connectivity index is 0.000000159. The first-order valence-electron chi connectivity index (χ1n) is 24.9. The number of halogens is 14. The average Bonchev–Trinajstić information content (AvgIpc) is 1.21. The summed E-state index contributed by atoms with van der Waals surface area (Å²) in [5.74, 6) is -1.10. The number of nitrogens with two attached hydrogens (primary N) is 5. The number of fused-ring (bicyclic) bond motifs is 1. The second-order valence-corrected chi connectivity index (χ2v) is 26.6. The van der Waals surface area contributed by atoms with E-state index in [1.807, 2.05) is 54.6 Å². The molecule has 436 valence electrons. The van der Waals surface area contributed by atoms with Gasteiger partial charge in [0.1, 0.15) is 11.6 Å². The lowest BCUT2D eigenvalue weighted by molar-refractivity contribution is 0.631. The monoisotopic (exact) mass is 1430 g/mol. The number of hydrogen-bond donors (Lipinski definition) is 5. The van der Waals surface area contributed by atoms with Gasteiger partial charge in [-0.15, -0.1) is 0 Å². The van der Waals surface area contributed by atoms with E-state index in [2.05, 4.69) is 6.07 Å². The van der Waals surface area contributed by atoms with E-state index in [1.54, 1.807) is 103 Å². The van der Waals surface area contributed by atoms with Crippen LogP contribution in [0.25, 0.3) is 55.3 Å². The molecular weight excluding hydrogens is 1400 g/mol. The summed E-state index contributed by atoms with van der Waals surface area (Å²) in [6, 6.07) is 50.4. The summed E-state index contributed by atoms with van der Waals surface area (Å²) in [5.41, 5.74) is 35.0. The van der Waals surface area contributed by atoms with Gasteiger partial charge in [-0.25, -0.2) is 8.78 Å². The van der Waals surface area contributed by atoms with Gasteiger partial charge < -0.3 is 28.7 Å². The van der Waals surface area contributed by atoms with Crippen molar-refractivity contribution >= 4 is 214 Å². The van der Waals surface area contributed by atoms with Crippen molar-refractivity contribution in [2.24, 2.45) is 0 Å². The summed E-state index contributed by atoms with van der Waals surface area (Å²) < 4.78 is 29.2. The molecule has 0 aromatic heterocycles. The lowest BCUT2D eigenvalue weighted by Crippen LogP contribution is -1.93. The summed E-state index contributed by atoms with van der Waals surface area (Å²) in [4.78, 5) is 4.56. The van der Waals surface area contributed by atoms with Crippen LogP contribution in [-0.4, -0.2) is 0 Å². The second kappa shape index (κ2) is 28.7. The standard InChI is InChI=1S/C24H14Cl6N2S.C24H14Cl4F2N2S.C16H11Cl2NS/c25-13-5-11(7-15(31)9-13)21-17(27)1-3-19(23(21)29)33-20-4-2-18(28)22(24(20)30)12-6-14(26)10-16(32)8-12;25-15-5-7-19(23(27)21(15)13-3-1-11(31)9-17(13)29)33-20-8-6-16(26)22(24(20)28)14-4-2-12(32)10-18(14)30;17-13-9-11(19)6-8-14(13)20-15-7-5-10-3-1-2-4-12(10)16(15)18/h2*1-10H,31-32H2;1-9H,19H2. The van der Waals surface area contributed by atoms with Crippen LogP contribution in [0.15, 0.2) is 205 Å². The normalized spacial score (nSPS) is 11.0. The molecule has 5 nitrogen and oxygen atoms in total. The number of benzene rings is 11. The third kappa shape index (κ3) is 15.2. The Morgan fingerprint density at radius 2 is 0.628 bits per heavy atom. The maximum Gasteiger partial charge on any atom is 0.133 e. The topological polar surface area (TPSA) is 130 Å². The quantitative estimate of drug-likeness (QED) is 0.0856. The third-order valence-corrected chi connectivity index (χ3v) is 20.6. The molecule has 0 saturated carbocycles. The first-order valence-corrected chi connectivity index (χ1v) is 31.9. The van der Waals surface area contributed by atoms with Gasteiger partial charge in [-0.2, -0.15) is 0 Å². The van der Waals surface area contributed by atoms with E-state index in [4.69, 9.17) is 168 Å². The summed E-state index contributed by atoms with van der Waals surface area (Å²) in [6.45, 7) is 0. The Kier molecular flexibility index (Phi) is 21.9. The summed E-state index contributed by atoms with van der Waals surface area (Å²) in [5, 5.41) is 7.43. The molecule has 11 aromatic carbocycles. The summed E-state index contributed by atoms with van der Waals surface area (Å²) in [7, 11) is 0. The van der Waals surface area contributed by atoms with Gasteiger partial charge in [-0.1, -0.05) is 205 Å². The fourth-order valence-electron chi connectivity index (χ4n) is 8.70. The Labute approximate surface area is 567 Å². The zero-order valence-electron chi connectivity index (χ0n) is 43.6. The van der Waals surface area contributed by atoms with E-state index in [-0.39, 0.29) is 42.6 Å². The van der Waals surface area contributed by atoms with Gasteiger partial charge in [0.05, 0.1) is 40.2 Å². The molecule has 0 aliphatic carbocycles. The van der Waals surface area contributed by atoms with E-state index in [1.165, 1.54) is 47.8 Å². The smallest absolute Gasteiger partial charge is 0.133 e. The summed E-state index contributed by atoms with van der Waals surface area (Å²) in [6.07, 6.45) is 0. The van der Waals surface area contributed by atoms with E-state index in [0.717, 1.165) is 46.5 Å². The number of hydrogen-bond acceptors (Lipinski definition) is 8. The molecule has 0 atom stereocenters. The largest absolute Gasteiger partial charge is 0.399 e. The van der Waals surface area contributed by atoms with Gasteiger partial charge in [0, 0.05) is 117 Å². The van der Waals surface area contributed by atoms with Crippen LogP contribution < -0.4 is 28.7 Å². The van der Waals surface area contributed by atoms with Crippen LogP contribution in [-0.2, 0) is 0 Å². The molecule has 22 heteroatoms. The first-order chi connectivity index (χ1) is 40.9. The van der Waals surface area contributed by atoms with Gasteiger partial charge in [-0.05, 0) is 162 Å². The van der Waals surface area contributed by atoms with Crippen molar-refractivity contribution in [2.75, 3.05) is 28.7 Å².